The zero-order valence-electron chi connectivity index (χ0n) is 14.9. The van der Waals surface area contributed by atoms with Crippen LogP contribution in [0.15, 0.2) is 54.6 Å². The van der Waals surface area contributed by atoms with E-state index in [0.717, 1.165) is 37.1 Å². The lowest BCUT2D eigenvalue weighted by Crippen LogP contribution is -2.27. The molecule has 1 fully saturated rings. The average molecular weight is 375 g/mol. The molecule has 140 valence electrons. The molecule has 0 saturated carbocycles. The van der Waals surface area contributed by atoms with Gasteiger partial charge in [0.05, 0.1) is 13.2 Å². The maximum atomic E-state index is 12.1. The summed E-state index contributed by atoms with van der Waals surface area (Å²) in [5, 5.41) is 6.34. The number of hydrogen-bond donors (Lipinski definition) is 2. The molecule has 1 atom stereocenters. The number of carbonyl (C=O) groups excluding carboxylic acids is 1. The number of halogens is 1. The SMILES string of the molecule is Cl.O=C(CC1CCCN1)Nc1cccc(COCCc2ccccc2)c1. The highest BCUT2D eigenvalue weighted by Gasteiger charge is 2.17. The molecule has 1 saturated heterocycles. The smallest absolute Gasteiger partial charge is 0.225 e. The third kappa shape index (κ3) is 6.79. The third-order valence-corrected chi connectivity index (χ3v) is 4.45. The van der Waals surface area contributed by atoms with Crippen molar-refractivity contribution in [1.82, 2.24) is 5.32 Å². The summed E-state index contributed by atoms with van der Waals surface area (Å²) in [6.45, 7) is 2.27. The molecule has 0 spiro atoms. The molecule has 2 aromatic carbocycles. The molecule has 1 heterocycles. The van der Waals surface area contributed by atoms with Crippen LogP contribution in [0.25, 0.3) is 0 Å². The van der Waals surface area contributed by atoms with Gasteiger partial charge >= 0.3 is 0 Å². The minimum Gasteiger partial charge on any atom is -0.376 e. The number of carbonyl (C=O) groups is 1. The van der Waals surface area contributed by atoms with Crippen LogP contribution < -0.4 is 10.6 Å². The minimum absolute atomic E-state index is 0. The van der Waals surface area contributed by atoms with Gasteiger partial charge in [-0.15, -0.1) is 12.4 Å². The van der Waals surface area contributed by atoms with E-state index in [4.69, 9.17) is 4.74 Å². The van der Waals surface area contributed by atoms with Crippen LogP contribution in [0.5, 0.6) is 0 Å². The van der Waals surface area contributed by atoms with Crippen molar-refractivity contribution in [2.24, 2.45) is 0 Å². The molecule has 2 N–H and O–H groups in total. The number of hydrogen-bond acceptors (Lipinski definition) is 3. The molecule has 0 aromatic heterocycles. The van der Waals surface area contributed by atoms with Gasteiger partial charge in [-0.3, -0.25) is 4.79 Å². The number of amides is 1. The predicted octanol–water partition coefficient (Wildman–Crippen LogP) is 3.95. The number of anilines is 1. The summed E-state index contributed by atoms with van der Waals surface area (Å²) in [6.07, 6.45) is 3.69. The van der Waals surface area contributed by atoms with Crippen molar-refractivity contribution in [2.45, 2.75) is 38.3 Å². The highest BCUT2D eigenvalue weighted by molar-refractivity contribution is 5.91. The minimum atomic E-state index is 0. The molecule has 2 aromatic rings. The number of ether oxygens (including phenoxy) is 1. The van der Waals surface area contributed by atoms with Crippen LogP contribution in [-0.2, 0) is 22.6 Å². The van der Waals surface area contributed by atoms with Gasteiger partial charge in [-0.2, -0.15) is 0 Å². The van der Waals surface area contributed by atoms with Crippen molar-refractivity contribution in [2.75, 3.05) is 18.5 Å². The normalized spacial score (nSPS) is 16.1. The van der Waals surface area contributed by atoms with Crippen LogP contribution in [0.2, 0.25) is 0 Å². The Balaban J connectivity index is 0.00000243. The monoisotopic (exact) mass is 374 g/mol. The fourth-order valence-corrected chi connectivity index (χ4v) is 3.13. The van der Waals surface area contributed by atoms with Crippen LogP contribution >= 0.6 is 12.4 Å². The van der Waals surface area contributed by atoms with Crippen molar-refractivity contribution in [3.63, 3.8) is 0 Å². The van der Waals surface area contributed by atoms with Gasteiger partial charge in [0.15, 0.2) is 0 Å². The van der Waals surface area contributed by atoms with Crippen molar-refractivity contribution in [1.29, 1.82) is 0 Å². The second kappa shape index (κ2) is 11.0. The summed E-state index contributed by atoms with van der Waals surface area (Å²) < 4.78 is 5.77. The maximum Gasteiger partial charge on any atom is 0.225 e. The van der Waals surface area contributed by atoms with Gasteiger partial charge in [0.1, 0.15) is 0 Å². The Kier molecular flexibility index (Phi) is 8.62. The molecule has 1 aliphatic rings. The Morgan fingerprint density at radius 3 is 2.69 bits per heavy atom. The lowest BCUT2D eigenvalue weighted by atomic mass is 10.1. The lowest BCUT2D eigenvalue weighted by molar-refractivity contribution is -0.116. The third-order valence-electron chi connectivity index (χ3n) is 4.45. The molecule has 5 heteroatoms. The highest BCUT2D eigenvalue weighted by Crippen LogP contribution is 2.14. The predicted molar refractivity (Wildman–Crippen MR) is 108 cm³/mol. The second-order valence-corrected chi connectivity index (χ2v) is 6.53. The van der Waals surface area contributed by atoms with Crippen molar-refractivity contribution in [3.8, 4) is 0 Å². The number of benzene rings is 2. The van der Waals surface area contributed by atoms with Crippen LogP contribution in [0.4, 0.5) is 5.69 Å². The quantitative estimate of drug-likeness (QED) is 0.688. The number of nitrogens with one attached hydrogen (secondary N) is 2. The first kappa shape index (κ1) is 20.4. The molecule has 1 unspecified atom stereocenters. The molecular formula is C21H27ClN2O2. The number of rotatable bonds is 8. The molecule has 1 aliphatic heterocycles. The topological polar surface area (TPSA) is 50.4 Å². The van der Waals surface area contributed by atoms with Gasteiger partial charge in [0.2, 0.25) is 5.91 Å². The van der Waals surface area contributed by atoms with Crippen molar-refractivity contribution in [3.05, 3.63) is 65.7 Å². The zero-order valence-corrected chi connectivity index (χ0v) is 15.8. The summed E-state index contributed by atoms with van der Waals surface area (Å²) >= 11 is 0. The first-order valence-corrected chi connectivity index (χ1v) is 9.03. The standard InChI is InChI=1S/C21H26N2O2.ClH/c24-21(15-19-10-5-12-22-19)23-20-9-4-8-18(14-20)16-25-13-11-17-6-2-1-3-7-17;/h1-4,6-9,14,19,22H,5,10-13,15-16H2,(H,23,24);1H. The van der Waals surface area contributed by atoms with Crippen molar-refractivity contribution < 1.29 is 9.53 Å². The highest BCUT2D eigenvalue weighted by atomic mass is 35.5. The summed E-state index contributed by atoms with van der Waals surface area (Å²) in [4.78, 5) is 12.1. The summed E-state index contributed by atoms with van der Waals surface area (Å²) in [5.41, 5.74) is 3.20. The van der Waals surface area contributed by atoms with Gasteiger partial charge in [0, 0.05) is 18.2 Å². The van der Waals surface area contributed by atoms with Crippen LogP contribution in [-0.4, -0.2) is 25.1 Å². The van der Waals surface area contributed by atoms with E-state index in [1.165, 1.54) is 5.56 Å². The first-order valence-electron chi connectivity index (χ1n) is 9.03. The molecule has 26 heavy (non-hydrogen) atoms. The van der Waals surface area contributed by atoms with Gasteiger partial charge < -0.3 is 15.4 Å². The Labute approximate surface area is 161 Å². The van der Waals surface area contributed by atoms with E-state index in [1.807, 2.05) is 42.5 Å². The van der Waals surface area contributed by atoms with E-state index in [-0.39, 0.29) is 18.3 Å². The Hall–Kier alpha value is -1.88. The van der Waals surface area contributed by atoms with E-state index in [2.05, 4.69) is 22.8 Å². The van der Waals surface area contributed by atoms with Crippen LogP contribution in [0.3, 0.4) is 0 Å². The Morgan fingerprint density at radius 2 is 1.92 bits per heavy atom. The molecule has 4 nitrogen and oxygen atoms in total. The van der Waals surface area contributed by atoms with Crippen molar-refractivity contribution >= 4 is 24.0 Å². The maximum absolute atomic E-state index is 12.1. The fourth-order valence-electron chi connectivity index (χ4n) is 3.13. The van der Waals surface area contributed by atoms with E-state index in [1.54, 1.807) is 0 Å². The molecule has 1 amide bonds. The summed E-state index contributed by atoms with van der Waals surface area (Å²) in [5.74, 6) is 0.0709. The molecule has 3 rings (SSSR count). The van der Waals surface area contributed by atoms with Gasteiger partial charge in [-0.1, -0.05) is 42.5 Å². The summed E-state index contributed by atoms with van der Waals surface area (Å²) in [7, 11) is 0. The van der Waals surface area contributed by atoms with E-state index in [9.17, 15) is 4.79 Å². The molecular weight excluding hydrogens is 348 g/mol. The Morgan fingerprint density at radius 1 is 1.12 bits per heavy atom. The van der Waals surface area contributed by atoms with Gasteiger partial charge in [-0.05, 0) is 49.1 Å². The zero-order chi connectivity index (χ0) is 17.3. The average Bonchev–Trinajstić information content (AvgIpc) is 3.13. The lowest BCUT2D eigenvalue weighted by Gasteiger charge is -2.11. The Bertz CT molecular complexity index is 673. The first-order chi connectivity index (χ1) is 12.3. The van der Waals surface area contributed by atoms with E-state index < -0.39 is 0 Å². The summed E-state index contributed by atoms with van der Waals surface area (Å²) in [6, 6.07) is 18.5. The van der Waals surface area contributed by atoms with Crippen LogP contribution in [0.1, 0.15) is 30.4 Å². The van der Waals surface area contributed by atoms with E-state index >= 15 is 0 Å². The molecule has 0 radical (unpaired) electrons. The van der Waals surface area contributed by atoms with Gasteiger partial charge in [0.25, 0.3) is 0 Å². The van der Waals surface area contributed by atoms with Crippen LogP contribution in [0, 0.1) is 0 Å². The van der Waals surface area contributed by atoms with Gasteiger partial charge in [-0.25, -0.2) is 0 Å². The molecule has 0 aliphatic carbocycles. The molecule has 0 bridgehead atoms. The fraction of sp³-hybridized carbons (Fsp3) is 0.381. The van der Waals surface area contributed by atoms with E-state index in [0.29, 0.717) is 25.7 Å². The largest absolute Gasteiger partial charge is 0.376 e. The second-order valence-electron chi connectivity index (χ2n) is 6.53.